The van der Waals surface area contributed by atoms with Crippen molar-refractivity contribution in [2.24, 2.45) is 0 Å². The molecule has 1 fully saturated rings. The van der Waals surface area contributed by atoms with Crippen LogP contribution in [-0.2, 0) is 0 Å². The molecule has 37 heavy (non-hydrogen) atoms. The highest BCUT2D eigenvalue weighted by Gasteiger charge is 2.31. The van der Waals surface area contributed by atoms with E-state index in [0.717, 1.165) is 6.17 Å². The van der Waals surface area contributed by atoms with Gasteiger partial charge < -0.3 is 0 Å². The summed E-state index contributed by atoms with van der Waals surface area (Å²) < 4.78 is 2.55. The molecule has 2 aliphatic heterocycles. The third kappa shape index (κ3) is 5.48. The Bertz CT molecular complexity index is 1090. The van der Waals surface area contributed by atoms with Crippen LogP contribution in [0.2, 0.25) is 0 Å². The second-order valence-electron chi connectivity index (χ2n) is 10.5. The van der Waals surface area contributed by atoms with Crippen molar-refractivity contribution in [3.63, 3.8) is 0 Å². The van der Waals surface area contributed by atoms with E-state index in [1.54, 1.807) is 0 Å². The van der Waals surface area contributed by atoms with Gasteiger partial charge in [-0.05, 0) is 19.9 Å². The second kappa shape index (κ2) is 12.2. The van der Waals surface area contributed by atoms with E-state index >= 15 is 0 Å². The Morgan fingerprint density at radius 2 is 1.03 bits per heavy atom. The summed E-state index contributed by atoms with van der Waals surface area (Å²) in [6.07, 6.45) is 8.73. The molecule has 0 aliphatic carbocycles. The van der Waals surface area contributed by atoms with Crippen LogP contribution in [-0.4, -0.2) is 48.1 Å². The fourth-order valence-corrected chi connectivity index (χ4v) is 6.50. The molecule has 1 atom stereocenters. The summed E-state index contributed by atoms with van der Waals surface area (Å²) in [7, 11) is 2.26. The maximum Gasteiger partial charge on any atom is 0.208 e. The zero-order valence-electron chi connectivity index (χ0n) is 22.1. The van der Waals surface area contributed by atoms with Gasteiger partial charge in [0.15, 0.2) is 0 Å². The molecule has 6 rings (SSSR count). The van der Waals surface area contributed by atoms with Gasteiger partial charge in [0, 0.05) is 25.8 Å². The first-order valence-electron chi connectivity index (χ1n) is 14.0. The van der Waals surface area contributed by atoms with Crippen LogP contribution >= 0.6 is 0 Å². The molecule has 1 saturated heterocycles. The highest BCUT2D eigenvalue weighted by molar-refractivity contribution is 7.19. The fourth-order valence-electron chi connectivity index (χ4n) is 6.50. The molecule has 0 bridgehead atoms. The van der Waals surface area contributed by atoms with Gasteiger partial charge in [-0.2, -0.15) is 21.9 Å². The van der Waals surface area contributed by atoms with Crippen LogP contribution in [0.1, 0.15) is 32.1 Å². The average Bonchev–Trinajstić information content (AvgIpc) is 3.23. The van der Waals surface area contributed by atoms with Crippen molar-refractivity contribution < 1.29 is 4.58 Å². The summed E-state index contributed by atoms with van der Waals surface area (Å²) in [6.45, 7) is 2.57. The Labute approximate surface area is 223 Å². The van der Waals surface area contributed by atoms with Crippen molar-refractivity contribution in [2.45, 2.75) is 38.3 Å². The van der Waals surface area contributed by atoms with E-state index in [0.29, 0.717) is 0 Å². The molecule has 2 nitrogen and oxygen atoms in total. The van der Waals surface area contributed by atoms with Gasteiger partial charge in [-0.25, -0.2) is 9.48 Å². The summed E-state index contributed by atoms with van der Waals surface area (Å²) in [5, 5.41) is 0. The number of nitrogens with zero attached hydrogens (tertiary/aromatic N) is 2. The molecule has 0 radical (unpaired) electrons. The van der Waals surface area contributed by atoms with Crippen LogP contribution in [0.3, 0.4) is 0 Å². The van der Waals surface area contributed by atoms with Gasteiger partial charge in [-0.3, -0.25) is 0 Å². The normalized spacial score (nSPS) is 18.0. The van der Waals surface area contributed by atoms with E-state index in [2.05, 4.69) is 144 Å². The molecule has 4 aromatic rings. The van der Waals surface area contributed by atoms with Crippen molar-refractivity contribution in [3.05, 3.63) is 121 Å². The van der Waals surface area contributed by atoms with Crippen LogP contribution < -0.4 is 21.9 Å². The lowest BCUT2D eigenvalue weighted by atomic mass is 9.13. The third-order valence-electron chi connectivity index (χ3n) is 8.30. The Kier molecular flexibility index (Phi) is 8.33. The quantitative estimate of drug-likeness (QED) is 0.307. The molecule has 0 aromatic heterocycles. The van der Waals surface area contributed by atoms with Gasteiger partial charge in [0.1, 0.15) is 18.9 Å². The molecular weight excluding hydrogens is 447 g/mol. The molecule has 0 N–H and O–H groups in total. The minimum absolute atomic E-state index is 0.723. The van der Waals surface area contributed by atoms with Gasteiger partial charge in [-0.15, -0.1) is 0 Å². The molecule has 188 valence electrons. The van der Waals surface area contributed by atoms with E-state index in [-0.39, 0.29) is 0 Å². The maximum absolute atomic E-state index is 2.55. The Balaban J connectivity index is 0.000000195. The Morgan fingerprint density at radius 1 is 0.595 bits per heavy atom. The van der Waals surface area contributed by atoms with Gasteiger partial charge in [-0.1, -0.05) is 121 Å². The fraction of sp³-hybridized carbons (Fsp3) is 0.265. The standard InChI is InChI=1S/C24H20B.C10H19N2/c1-5-13-21(14-6-1)25(22-15-7-2-8-16-22,23-17-9-3-10-18-23)24-19-11-4-12-20-24;1-11-7-5-9-12-8-4-2-3-6-10(11)12/h1-20H;8,10H,2-7,9H2,1H3/q-1;+1. The van der Waals surface area contributed by atoms with Gasteiger partial charge in [0.25, 0.3) is 0 Å². The first kappa shape index (κ1) is 25.2. The van der Waals surface area contributed by atoms with E-state index in [1.165, 1.54) is 67.0 Å². The first-order chi connectivity index (χ1) is 18.3. The van der Waals surface area contributed by atoms with Gasteiger partial charge in [0.2, 0.25) is 6.17 Å². The largest absolute Gasteiger partial charge is 0.249 e. The minimum Gasteiger partial charge on any atom is -0.249 e. The predicted molar refractivity (Wildman–Crippen MR) is 161 cm³/mol. The summed E-state index contributed by atoms with van der Waals surface area (Å²) in [5.41, 5.74) is 5.36. The monoisotopic (exact) mass is 486 g/mol. The van der Waals surface area contributed by atoms with Crippen molar-refractivity contribution in [1.29, 1.82) is 0 Å². The third-order valence-corrected chi connectivity index (χ3v) is 8.30. The lowest BCUT2D eigenvalue weighted by molar-refractivity contribution is -0.598. The summed E-state index contributed by atoms with van der Waals surface area (Å²) in [6, 6.07) is 43.5. The predicted octanol–water partition coefficient (Wildman–Crippen LogP) is 4.37. The molecule has 2 aliphatic rings. The summed E-state index contributed by atoms with van der Waals surface area (Å²) >= 11 is 0. The molecule has 3 heteroatoms. The van der Waals surface area contributed by atoms with Crippen LogP contribution in [0.5, 0.6) is 0 Å². The highest BCUT2D eigenvalue weighted by Crippen LogP contribution is 2.17. The number of hydrogen-bond donors (Lipinski definition) is 0. The zero-order chi connectivity index (χ0) is 25.3. The Hall–Kier alpha value is -3.43. The average molecular weight is 487 g/mol. The SMILES string of the molecule is CN1CCC[N+]2=CCCCCC12.c1ccc([B-](c2ccccc2)(c2ccccc2)c2ccccc2)cc1. The zero-order valence-corrected chi connectivity index (χ0v) is 22.1. The van der Waals surface area contributed by atoms with E-state index in [4.69, 9.17) is 0 Å². The molecular formula is C34H39BN2. The van der Waals surface area contributed by atoms with Gasteiger partial charge >= 0.3 is 0 Å². The lowest BCUT2D eigenvalue weighted by Crippen LogP contribution is -2.74. The van der Waals surface area contributed by atoms with Crippen LogP contribution in [0.15, 0.2) is 121 Å². The van der Waals surface area contributed by atoms with Crippen LogP contribution in [0, 0.1) is 0 Å². The molecule has 0 saturated carbocycles. The van der Waals surface area contributed by atoms with Crippen LogP contribution in [0.4, 0.5) is 0 Å². The minimum atomic E-state index is -1.22. The van der Waals surface area contributed by atoms with E-state index < -0.39 is 6.15 Å². The van der Waals surface area contributed by atoms with Crippen molar-refractivity contribution in [1.82, 2.24) is 4.90 Å². The lowest BCUT2D eigenvalue weighted by Gasteiger charge is -2.44. The van der Waals surface area contributed by atoms with Crippen molar-refractivity contribution in [2.75, 3.05) is 20.1 Å². The second-order valence-corrected chi connectivity index (χ2v) is 10.5. The van der Waals surface area contributed by atoms with Crippen molar-refractivity contribution >= 4 is 34.2 Å². The molecule has 0 amide bonds. The van der Waals surface area contributed by atoms with Crippen LogP contribution in [0.25, 0.3) is 0 Å². The Morgan fingerprint density at radius 3 is 1.46 bits per heavy atom. The molecule has 0 spiro atoms. The molecule has 4 aromatic carbocycles. The number of hydrogen-bond acceptors (Lipinski definition) is 1. The maximum atomic E-state index is 2.55. The van der Waals surface area contributed by atoms with Crippen molar-refractivity contribution in [3.8, 4) is 0 Å². The number of benzene rings is 4. The smallest absolute Gasteiger partial charge is 0.208 e. The summed E-state index contributed by atoms with van der Waals surface area (Å²) in [4.78, 5) is 2.51. The molecule has 1 unspecified atom stereocenters. The summed E-state index contributed by atoms with van der Waals surface area (Å²) in [5.74, 6) is 0. The van der Waals surface area contributed by atoms with Gasteiger partial charge in [0.05, 0.1) is 0 Å². The molecule has 2 heterocycles. The number of rotatable bonds is 4. The van der Waals surface area contributed by atoms with E-state index in [9.17, 15) is 0 Å². The van der Waals surface area contributed by atoms with E-state index in [1.807, 2.05) is 0 Å². The highest BCUT2D eigenvalue weighted by atomic mass is 15.3. The first-order valence-corrected chi connectivity index (χ1v) is 14.0. The number of fused-ring (bicyclic) bond motifs is 1. The topological polar surface area (TPSA) is 6.25 Å².